The van der Waals surface area contributed by atoms with Gasteiger partial charge in [-0.25, -0.2) is 8.78 Å². The highest BCUT2D eigenvalue weighted by Crippen LogP contribution is 2.35. The summed E-state index contributed by atoms with van der Waals surface area (Å²) in [7, 11) is 0. The summed E-state index contributed by atoms with van der Waals surface area (Å²) in [5, 5.41) is 2.27. The van der Waals surface area contributed by atoms with Crippen LogP contribution in [0.1, 0.15) is 34.3 Å². The molecule has 2 fully saturated rings. The number of aromatic nitrogens is 1. The number of amides is 3. The molecule has 3 amide bonds. The van der Waals surface area contributed by atoms with Crippen LogP contribution >= 0.6 is 0 Å². The van der Waals surface area contributed by atoms with Crippen LogP contribution in [0.3, 0.4) is 0 Å². The van der Waals surface area contributed by atoms with Gasteiger partial charge in [-0.2, -0.15) is 0 Å². The normalized spacial score (nSPS) is 21.1. The lowest BCUT2D eigenvalue weighted by atomic mass is 10.0. The summed E-state index contributed by atoms with van der Waals surface area (Å²) in [6.07, 6.45) is 1.40. The number of imide groups is 1. The molecule has 3 aliphatic rings. The van der Waals surface area contributed by atoms with E-state index in [1.165, 1.54) is 23.1 Å². The molecule has 0 bridgehead atoms. The second kappa shape index (κ2) is 8.64. The Morgan fingerprint density at radius 1 is 0.971 bits per heavy atom. The van der Waals surface area contributed by atoms with Gasteiger partial charge in [-0.05, 0) is 24.6 Å². The average Bonchev–Trinajstić information content (AvgIpc) is 3.12. The zero-order valence-corrected chi connectivity index (χ0v) is 18.3. The fourth-order valence-corrected chi connectivity index (χ4v) is 4.90. The summed E-state index contributed by atoms with van der Waals surface area (Å²) in [6.45, 7) is 2.63. The van der Waals surface area contributed by atoms with Crippen molar-refractivity contribution in [2.45, 2.75) is 32.0 Å². The predicted molar refractivity (Wildman–Crippen MR) is 117 cm³/mol. The first kappa shape index (κ1) is 22.2. The number of carbonyl (C=O) groups excluding carboxylic acids is 3. The SMILES string of the molecule is O=C1CCC(N2Cc3c(cc(F)cc3N3CCN(Cc4cc(F)c[nH]c4=O)CC3)C2=O)C(=O)N1. The third-order valence-electron chi connectivity index (χ3n) is 6.65. The van der Waals surface area contributed by atoms with E-state index < -0.39 is 29.5 Å². The van der Waals surface area contributed by atoms with Crippen molar-refractivity contribution in [1.82, 2.24) is 20.1 Å². The van der Waals surface area contributed by atoms with Gasteiger partial charge in [0.1, 0.15) is 17.7 Å². The van der Waals surface area contributed by atoms with Crippen molar-refractivity contribution in [1.29, 1.82) is 0 Å². The van der Waals surface area contributed by atoms with Gasteiger partial charge in [0.25, 0.3) is 11.5 Å². The molecule has 5 rings (SSSR count). The molecule has 1 unspecified atom stereocenters. The van der Waals surface area contributed by atoms with E-state index in [4.69, 9.17) is 0 Å². The van der Waals surface area contributed by atoms with Crippen molar-refractivity contribution in [2.75, 3.05) is 31.1 Å². The Morgan fingerprint density at radius 3 is 2.47 bits per heavy atom. The van der Waals surface area contributed by atoms with Crippen molar-refractivity contribution >= 4 is 23.4 Å². The van der Waals surface area contributed by atoms with E-state index in [0.29, 0.717) is 49.5 Å². The highest BCUT2D eigenvalue weighted by atomic mass is 19.1. The molecule has 0 spiro atoms. The summed E-state index contributed by atoms with van der Waals surface area (Å²) < 4.78 is 28.0. The van der Waals surface area contributed by atoms with E-state index in [1.807, 2.05) is 9.80 Å². The average molecular weight is 471 g/mol. The first-order valence-corrected chi connectivity index (χ1v) is 11.1. The number of nitrogens with zero attached hydrogens (tertiary/aromatic N) is 3. The molecule has 0 aliphatic carbocycles. The Labute approximate surface area is 193 Å². The van der Waals surface area contributed by atoms with Crippen LogP contribution in [-0.2, 0) is 22.7 Å². The molecular formula is C23H23F2N5O4. The summed E-state index contributed by atoms with van der Waals surface area (Å²) in [6, 6.07) is 3.04. The molecule has 2 saturated heterocycles. The Bertz CT molecular complexity index is 1240. The van der Waals surface area contributed by atoms with E-state index in [1.54, 1.807) is 0 Å². The van der Waals surface area contributed by atoms with Crippen molar-refractivity contribution < 1.29 is 23.2 Å². The van der Waals surface area contributed by atoms with Crippen molar-refractivity contribution in [2.24, 2.45) is 0 Å². The Kier molecular flexibility index (Phi) is 5.64. The van der Waals surface area contributed by atoms with Crippen molar-refractivity contribution in [3.8, 4) is 0 Å². The molecule has 9 nitrogen and oxygen atoms in total. The van der Waals surface area contributed by atoms with Crippen molar-refractivity contribution in [3.63, 3.8) is 0 Å². The number of anilines is 1. The molecule has 4 heterocycles. The molecule has 1 aromatic heterocycles. The first-order chi connectivity index (χ1) is 16.3. The highest BCUT2D eigenvalue weighted by Gasteiger charge is 2.41. The second-order valence-corrected chi connectivity index (χ2v) is 8.79. The minimum Gasteiger partial charge on any atom is -0.369 e. The fourth-order valence-electron chi connectivity index (χ4n) is 4.90. The maximum Gasteiger partial charge on any atom is 0.255 e. The zero-order valence-electron chi connectivity index (χ0n) is 18.3. The molecular weight excluding hydrogens is 448 g/mol. The van der Waals surface area contributed by atoms with Crippen LogP contribution in [0.2, 0.25) is 0 Å². The number of halogens is 2. The van der Waals surface area contributed by atoms with E-state index >= 15 is 0 Å². The smallest absolute Gasteiger partial charge is 0.255 e. The van der Waals surface area contributed by atoms with Gasteiger partial charge in [0.2, 0.25) is 11.8 Å². The number of carbonyl (C=O) groups is 3. The third-order valence-corrected chi connectivity index (χ3v) is 6.65. The molecule has 1 aromatic carbocycles. The highest BCUT2D eigenvalue weighted by molar-refractivity contribution is 6.06. The van der Waals surface area contributed by atoms with Gasteiger partial charge in [0.05, 0.1) is 0 Å². The minimum absolute atomic E-state index is 0.147. The topological polar surface area (TPSA) is 106 Å². The van der Waals surface area contributed by atoms with Crippen LogP contribution < -0.4 is 15.8 Å². The molecule has 11 heteroatoms. The minimum atomic E-state index is -0.769. The van der Waals surface area contributed by atoms with E-state index in [2.05, 4.69) is 10.3 Å². The lowest BCUT2D eigenvalue weighted by Gasteiger charge is -2.37. The molecule has 2 aromatic rings. The monoisotopic (exact) mass is 471 g/mol. The Morgan fingerprint density at radius 2 is 1.74 bits per heavy atom. The van der Waals surface area contributed by atoms with Crippen molar-refractivity contribution in [3.05, 3.63) is 63.1 Å². The molecule has 34 heavy (non-hydrogen) atoms. The largest absolute Gasteiger partial charge is 0.369 e. The summed E-state index contributed by atoms with van der Waals surface area (Å²) >= 11 is 0. The van der Waals surface area contributed by atoms with Crippen LogP contribution in [-0.4, -0.2) is 64.7 Å². The number of hydrogen-bond acceptors (Lipinski definition) is 6. The number of benzene rings is 1. The Balaban J connectivity index is 1.32. The number of pyridine rings is 1. The molecule has 1 atom stereocenters. The standard InChI is InChI=1S/C23H23F2N5O4/c24-14-8-16-17(12-30(23(16)34)18-1-2-20(31)27-22(18)33)19(9-14)29-5-3-28(4-6-29)11-13-7-15(25)10-26-21(13)32/h7-10,18H,1-6,11-12H2,(H,26,32)(H,27,31,33). The number of piperidine rings is 1. The van der Waals surface area contributed by atoms with Gasteiger partial charge in [-0.1, -0.05) is 0 Å². The van der Waals surface area contributed by atoms with Crippen LogP contribution in [0.5, 0.6) is 0 Å². The maximum absolute atomic E-state index is 14.5. The molecule has 0 radical (unpaired) electrons. The number of piperazine rings is 1. The molecule has 2 N–H and O–H groups in total. The molecule has 178 valence electrons. The van der Waals surface area contributed by atoms with Crippen LogP contribution in [0.25, 0.3) is 0 Å². The summed E-state index contributed by atoms with van der Waals surface area (Å²) in [4.78, 5) is 56.5. The number of nitrogens with one attached hydrogen (secondary N) is 2. The lowest BCUT2D eigenvalue weighted by molar-refractivity contribution is -0.136. The second-order valence-electron chi connectivity index (χ2n) is 8.79. The predicted octanol–water partition coefficient (Wildman–Crippen LogP) is 0.736. The summed E-state index contributed by atoms with van der Waals surface area (Å²) in [5.41, 5.74) is 1.49. The van der Waals surface area contributed by atoms with Crippen LogP contribution in [0.4, 0.5) is 14.5 Å². The lowest BCUT2D eigenvalue weighted by Crippen LogP contribution is -2.52. The van der Waals surface area contributed by atoms with Gasteiger partial charge in [-0.15, -0.1) is 0 Å². The first-order valence-electron chi connectivity index (χ1n) is 11.1. The van der Waals surface area contributed by atoms with E-state index in [9.17, 15) is 28.0 Å². The van der Waals surface area contributed by atoms with Gasteiger partial charge >= 0.3 is 0 Å². The third kappa shape index (κ3) is 4.07. The van der Waals surface area contributed by atoms with Gasteiger partial charge in [0, 0.05) is 74.3 Å². The van der Waals surface area contributed by atoms with Crippen LogP contribution in [0.15, 0.2) is 29.2 Å². The molecule has 0 saturated carbocycles. The number of aromatic amines is 1. The number of rotatable bonds is 4. The number of fused-ring (bicyclic) bond motifs is 1. The van der Waals surface area contributed by atoms with Gasteiger partial charge in [0.15, 0.2) is 0 Å². The summed E-state index contributed by atoms with van der Waals surface area (Å²) in [5.74, 6) is -2.35. The van der Waals surface area contributed by atoms with E-state index in [0.717, 1.165) is 6.20 Å². The van der Waals surface area contributed by atoms with Crippen LogP contribution in [0, 0.1) is 11.6 Å². The maximum atomic E-state index is 14.5. The van der Waals surface area contributed by atoms with Gasteiger partial charge < -0.3 is 14.8 Å². The molecule has 3 aliphatic heterocycles. The zero-order chi connectivity index (χ0) is 24.0. The number of H-pyrrole nitrogens is 1. The quantitative estimate of drug-likeness (QED) is 0.638. The number of hydrogen-bond donors (Lipinski definition) is 2. The van der Waals surface area contributed by atoms with Gasteiger partial charge in [-0.3, -0.25) is 29.4 Å². The fraction of sp³-hybridized carbons (Fsp3) is 0.391. The van der Waals surface area contributed by atoms with E-state index in [-0.39, 0.29) is 36.4 Å². The Hall–Kier alpha value is -3.60.